The maximum atomic E-state index is 10.6. The number of rotatable bonds is 10. The molecule has 1 heterocycles. The smallest absolute Gasteiger partial charge is 0.313 e. The summed E-state index contributed by atoms with van der Waals surface area (Å²) in [5.74, 6) is -0.768. The zero-order valence-corrected chi connectivity index (χ0v) is 12.4. The van der Waals surface area contributed by atoms with Crippen LogP contribution >= 0.6 is 11.8 Å². The van der Waals surface area contributed by atoms with Gasteiger partial charge in [0, 0.05) is 31.6 Å². The highest BCUT2D eigenvalue weighted by Gasteiger charge is 2.10. The Labute approximate surface area is 118 Å². The standard InChI is InChI=1S/C13H22N2O3S/c1-3-7-18-8-5-6-15-11(4-2)9-14-13(15)19-10-12(16)17/h9H,3-8,10H2,1-2H3,(H,16,17). The molecule has 0 aliphatic rings. The zero-order valence-electron chi connectivity index (χ0n) is 11.6. The van der Waals surface area contributed by atoms with Gasteiger partial charge in [-0.1, -0.05) is 25.6 Å². The molecular formula is C13H22N2O3S. The maximum absolute atomic E-state index is 10.6. The van der Waals surface area contributed by atoms with Crippen molar-refractivity contribution in [3.63, 3.8) is 0 Å². The molecule has 0 aliphatic carbocycles. The number of nitrogens with zero attached hydrogens (tertiary/aromatic N) is 2. The summed E-state index contributed by atoms with van der Waals surface area (Å²) in [5, 5.41) is 9.51. The van der Waals surface area contributed by atoms with E-state index in [1.54, 1.807) is 0 Å². The van der Waals surface area contributed by atoms with Crippen LogP contribution < -0.4 is 0 Å². The van der Waals surface area contributed by atoms with Gasteiger partial charge in [-0.15, -0.1) is 0 Å². The first-order valence-electron chi connectivity index (χ1n) is 6.65. The van der Waals surface area contributed by atoms with Crippen LogP contribution in [0.15, 0.2) is 11.4 Å². The number of aromatic nitrogens is 2. The Morgan fingerprint density at radius 1 is 1.47 bits per heavy atom. The quantitative estimate of drug-likeness (QED) is 0.528. The number of imidazole rings is 1. The first-order valence-corrected chi connectivity index (χ1v) is 7.64. The molecule has 0 spiro atoms. The second kappa shape index (κ2) is 8.98. The van der Waals surface area contributed by atoms with Gasteiger partial charge in [0.05, 0.1) is 5.75 Å². The molecule has 0 radical (unpaired) electrons. The second-order valence-electron chi connectivity index (χ2n) is 4.19. The first kappa shape index (κ1) is 16.0. The second-order valence-corrected chi connectivity index (χ2v) is 5.13. The van der Waals surface area contributed by atoms with Gasteiger partial charge in [-0.05, 0) is 19.3 Å². The molecule has 1 N–H and O–H groups in total. The molecular weight excluding hydrogens is 264 g/mol. The lowest BCUT2D eigenvalue weighted by molar-refractivity contribution is -0.133. The highest BCUT2D eigenvalue weighted by atomic mass is 32.2. The fourth-order valence-corrected chi connectivity index (χ4v) is 2.47. The number of aliphatic carboxylic acids is 1. The van der Waals surface area contributed by atoms with Crippen molar-refractivity contribution in [2.24, 2.45) is 0 Å². The van der Waals surface area contributed by atoms with E-state index in [0.717, 1.165) is 49.9 Å². The molecule has 0 fully saturated rings. The average Bonchev–Trinajstić information content (AvgIpc) is 2.78. The minimum absolute atomic E-state index is 0.0481. The predicted molar refractivity (Wildman–Crippen MR) is 75.7 cm³/mol. The lowest BCUT2D eigenvalue weighted by Crippen LogP contribution is -2.08. The molecule has 0 aliphatic heterocycles. The van der Waals surface area contributed by atoms with Gasteiger partial charge in [0.2, 0.25) is 0 Å². The lowest BCUT2D eigenvalue weighted by atomic mass is 10.3. The Morgan fingerprint density at radius 2 is 2.26 bits per heavy atom. The van der Waals surface area contributed by atoms with E-state index in [-0.39, 0.29) is 5.75 Å². The maximum Gasteiger partial charge on any atom is 0.313 e. The molecule has 5 nitrogen and oxygen atoms in total. The molecule has 1 aromatic heterocycles. The minimum atomic E-state index is -0.816. The van der Waals surface area contributed by atoms with Crippen LogP contribution in [0.3, 0.4) is 0 Å². The summed E-state index contributed by atoms with van der Waals surface area (Å²) in [6.07, 6.45) is 4.68. The molecule has 1 rings (SSSR count). The number of carboxylic acids is 1. The molecule has 0 amide bonds. The Hall–Kier alpha value is -1.01. The number of carbonyl (C=O) groups is 1. The fourth-order valence-electron chi connectivity index (χ4n) is 1.73. The van der Waals surface area contributed by atoms with Gasteiger partial charge in [0.25, 0.3) is 0 Å². The Morgan fingerprint density at radius 3 is 2.89 bits per heavy atom. The molecule has 19 heavy (non-hydrogen) atoms. The van der Waals surface area contributed by atoms with Crippen LogP contribution in [0.2, 0.25) is 0 Å². The van der Waals surface area contributed by atoms with Gasteiger partial charge >= 0.3 is 5.97 Å². The third kappa shape index (κ3) is 5.65. The number of ether oxygens (including phenoxy) is 1. The molecule has 0 saturated heterocycles. The van der Waals surface area contributed by atoms with Crippen molar-refractivity contribution < 1.29 is 14.6 Å². The van der Waals surface area contributed by atoms with Crippen LogP contribution in [0.25, 0.3) is 0 Å². The van der Waals surface area contributed by atoms with Crippen LogP contribution in [-0.2, 0) is 22.5 Å². The largest absolute Gasteiger partial charge is 0.481 e. The summed E-state index contributed by atoms with van der Waals surface area (Å²) in [6.45, 7) is 6.52. The van der Waals surface area contributed by atoms with Crippen molar-refractivity contribution in [2.45, 2.75) is 44.8 Å². The summed E-state index contributed by atoms with van der Waals surface area (Å²) in [6, 6.07) is 0. The summed E-state index contributed by atoms with van der Waals surface area (Å²) in [7, 11) is 0. The van der Waals surface area contributed by atoms with E-state index in [4.69, 9.17) is 9.84 Å². The fraction of sp³-hybridized carbons (Fsp3) is 0.692. The minimum Gasteiger partial charge on any atom is -0.481 e. The van der Waals surface area contributed by atoms with E-state index in [0.29, 0.717) is 0 Å². The van der Waals surface area contributed by atoms with E-state index in [1.165, 1.54) is 11.8 Å². The molecule has 1 aromatic rings. The Kier molecular flexibility index (Phi) is 7.59. The summed E-state index contributed by atoms with van der Waals surface area (Å²) in [5.41, 5.74) is 1.14. The van der Waals surface area contributed by atoms with Gasteiger partial charge < -0.3 is 14.4 Å². The first-order chi connectivity index (χ1) is 9.19. The zero-order chi connectivity index (χ0) is 14.1. The van der Waals surface area contributed by atoms with Crippen LogP contribution in [0.1, 0.15) is 32.4 Å². The van der Waals surface area contributed by atoms with E-state index >= 15 is 0 Å². The normalized spacial score (nSPS) is 10.8. The lowest BCUT2D eigenvalue weighted by Gasteiger charge is -2.10. The van der Waals surface area contributed by atoms with E-state index in [1.807, 2.05) is 6.20 Å². The highest BCUT2D eigenvalue weighted by Crippen LogP contribution is 2.19. The van der Waals surface area contributed by atoms with Gasteiger partial charge in [0.1, 0.15) is 0 Å². The monoisotopic (exact) mass is 286 g/mol. The van der Waals surface area contributed by atoms with Gasteiger partial charge in [-0.2, -0.15) is 0 Å². The number of hydrogen-bond acceptors (Lipinski definition) is 4. The predicted octanol–water partition coefficient (Wildman–Crippen LogP) is 2.44. The van der Waals surface area contributed by atoms with Crippen molar-refractivity contribution in [3.8, 4) is 0 Å². The van der Waals surface area contributed by atoms with Crippen molar-refractivity contribution in [1.82, 2.24) is 9.55 Å². The molecule has 0 aromatic carbocycles. The van der Waals surface area contributed by atoms with Crippen molar-refractivity contribution in [1.29, 1.82) is 0 Å². The molecule has 108 valence electrons. The number of thioether (sulfide) groups is 1. The topological polar surface area (TPSA) is 64.4 Å². The molecule has 0 unspecified atom stereocenters. The molecule has 0 bridgehead atoms. The van der Waals surface area contributed by atoms with E-state index in [2.05, 4.69) is 23.4 Å². The van der Waals surface area contributed by atoms with Crippen molar-refractivity contribution in [3.05, 3.63) is 11.9 Å². The number of carboxylic acid groups (broad SMARTS) is 1. The third-order valence-corrected chi connectivity index (χ3v) is 3.58. The van der Waals surface area contributed by atoms with Gasteiger partial charge in [0.15, 0.2) is 5.16 Å². The number of aryl methyl sites for hydroxylation is 1. The van der Waals surface area contributed by atoms with Crippen LogP contribution in [0, 0.1) is 0 Å². The van der Waals surface area contributed by atoms with Gasteiger partial charge in [-0.25, -0.2) is 4.98 Å². The van der Waals surface area contributed by atoms with Crippen molar-refractivity contribution in [2.75, 3.05) is 19.0 Å². The Balaban J connectivity index is 2.52. The van der Waals surface area contributed by atoms with Gasteiger partial charge in [-0.3, -0.25) is 4.79 Å². The summed E-state index contributed by atoms with van der Waals surface area (Å²) < 4.78 is 7.56. The Bertz CT molecular complexity index is 393. The van der Waals surface area contributed by atoms with Crippen LogP contribution in [0.5, 0.6) is 0 Å². The number of hydrogen-bond donors (Lipinski definition) is 1. The average molecular weight is 286 g/mol. The van der Waals surface area contributed by atoms with Crippen LogP contribution in [-0.4, -0.2) is 39.6 Å². The molecule has 6 heteroatoms. The molecule has 0 atom stereocenters. The SMILES string of the molecule is CCCOCCCn1c(CC)cnc1SCC(=O)O. The summed E-state index contributed by atoms with van der Waals surface area (Å²) in [4.78, 5) is 14.9. The van der Waals surface area contributed by atoms with Crippen LogP contribution in [0.4, 0.5) is 0 Å². The van der Waals surface area contributed by atoms with E-state index in [9.17, 15) is 4.79 Å². The van der Waals surface area contributed by atoms with E-state index < -0.39 is 5.97 Å². The summed E-state index contributed by atoms with van der Waals surface area (Å²) >= 11 is 1.27. The van der Waals surface area contributed by atoms with Crippen molar-refractivity contribution >= 4 is 17.7 Å². The highest BCUT2D eigenvalue weighted by molar-refractivity contribution is 7.99. The third-order valence-electron chi connectivity index (χ3n) is 2.61. The molecule has 0 saturated carbocycles.